The van der Waals surface area contributed by atoms with Crippen molar-refractivity contribution in [3.8, 4) is 0 Å². The molecule has 1 aromatic rings. The van der Waals surface area contributed by atoms with Crippen LogP contribution in [0.2, 0.25) is 0 Å². The molecule has 2 aliphatic carbocycles. The van der Waals surface area contributed by atoms with Gasteiger partial charge in [0, 0.05) is 11.6 Å². The van der Waals surface area contributed by atoms with E-state index in [1.54, 1.807) is 6.07 Å². The molecule has 2 saturated carbocycles. The molecule has 3 unspecified atom stereocenters. The lowest BCUT2D eigenvalue weighted by Crippen LogP contribution is -2.22. The lowest BCUT2D eigenvalue weighted by molar-refractivity contribution is 0.455. The molecule has 0 amide bonds. The molecule has 0 bridgehead atoms. The van der Waals surface area contributed by atoms with Crippen LogP contribution in [-0.4, -0.2) is 7.05 Å². The summed E-state index contributed by atoms with van der Waals surface area (Å²) in [6.07, 6.45) is 5.42. The normalized spacial score (nSPS) is 30.8. The van der Waals surface area contributed by atoms with Gasteiger partial charge in [0.05, 0.1) is 0 Å². The highest BCUT2D eigenvalue weighted by Crippen LogP contribution is 2.60. The summed E-state index contributed by atoms with van der Waals surface area (Å²) in [7, 11) is 1.98. The number of rotatable bonds is 3. The van der Waals surface area contributed by atoms with Crippen LogP contribution >= 0.6 is 0 Å². The number of hydrogen-bond donors (Lipinski definition) is 1. The highest BCUT2D eigenvalue weighted by molar-refractivity contribution is 5.36. The SMILES string of the molecule is CNC(c1c(C)cc(C)cc1F)C1C2CCCCC21. The van der Waals surface area contributed by atoms with Gasteiger partial charge in [0.1, 0.15) is 5.82 Å². The zero-order chi connectivity index (χ0) is 13.6. The summed E-state index contributed by atoms with van der Waals surface area (Å²) in [5.41, 5.74) is 3.02. The second kappa shape index (κ2) is 4.90. The highest BCUT2D eigenvalue weighted by atomic mass is 19.1. The number of aryl methyl sites for hydroxylation is 2. The minimum atomic E-state index is -0.0273. The van der Waals surface area contributed by atoms with Gasteiger partial charge in [-0.05, 0) is 68.7 Å². The summed E-state index contributed by atoms with van der Waals surface area (Å²) < 4.78 is 14.4. The summed E-state index contributed by atoms with van der Waals surface area (Å²) in [6, 6.07) is 3.99. The number of halogens is 1. The summed E-state index contributed by atoms with van der Waals surface area (Å²) in [5, 5.41) is 3.40. The van der Waals surface area contributed by atoms with E-state index in [1.165, 1.54) is 25.7 Å². The number of fused-ring (bicyclic) bond motifs is 1. The summed E-state index contributed by atoms with van der Waals surface area (Å²) in [5.74, 6) is 2.31. The molecule has 1 aromatic carbocycles. The Morgan fingerprint density at radius 3 is 2.32 bits per heavy atom. The average molecular weight is 261 g/mol. The molecule has 0 saturated heterocycles. The van der Waals surface area contributed by atoms with Crippen LogP contribution in [0.5, 0.6) is 0 Å². The van der Waals surface area contributed by atoms with Crippen molar-refractivity contribution >= 4 is 0 Å². The van der Waals surface area contributed by atoms with Crippen LogP contribution in [0.1, 0.15) is 48.4 Å². The van der Waals surface area contributed by atoms with Crippen LogP contribution in [0.4, 0.5) is 4.39 Å². The van der Waals surface area contributed by atoms with Crippen LogP contribution in [0, 0.1) is 37.4 Å². The minimum absolute atomic E-state index is 0.0273. The van der Waals surface area contributed by atoms with E-state index in [2.05, 4.69) is 11.4 Å². The molecular weight excluding hydrogens is 237 g/mol. The largest absolute Gasteiger partial charge is 0.313 e. The van der Waals surface area contributed by atoms with Crippen LogP contribution in [0.25, 0.3) is 0 Å². The second-order valence-electron chi connectivity index (χ2n) is 6.43. The lowest BCUT2D eigenvalue weighted by Gasteiger charge is -2.21. The fourth-order valence-corrected chi connectivity index (χ4v) is 4.39. The van der Waals surface area contributed by atoms with Crippen LogP contribution in [0.3, 0.4) is 0 Å². The van der Waals surface area contributed by atoms with E-state index in [4.69, 9.17) is 0 Å². The van der Waals surface area contributed by atoms with Gasteiger partial charge in [0.15, 0.2) is 0 Å². The predicted molar refractivity (Wildman–Crippen MR) is 76.6 cm³/mol. The van der Waals surface area contributed by atoms with Gasteiger partial charge in [0.2, 0.25) is 0 Å². The Morgan fingerprint density at radius 2 is 1.79 bits per heavy atom. The van der Waals surface area contributed by atoms with Gasteiger partial charge in [-0.3, -0.25) is 0 Å². The number of benzene rings is 1. The fourth-order valence-electron chi connectivity index (χ4n) is 4.39. The number of nitrogens with one attached hydrogen (secondary N) is 1. The van der Waals surface area contributed by atoms with Crippen molar-refractivity contribution in [1.82, 2.24) is 5.32 Å². The van der Waals surface area contributed by atoms with Crippen molar-refractivity contribution < 1.29 is 4.39 Å². The monoisotopic (exact) mass is 261 g/mol. The molecule has 3 atom stereocenters. The van der Waals surface area contributed by atoms with Gasteiger partial charge in [-0.2, -0.15) is 0 Å². The van der Waals surface area contributed by atoms with Gasteiger partial charge in [0.25, 0.3) is 0 Å². The Morgan fingerprint density at radius 1 is 1.16 bits per heavy atom. The Bertz CT molecular complexity index is 447. The van der Waals surface area contributed by atoms with Gasteiger partial charge >= 0.3 is 0 Å². The highest BCUT2D eigenvalue weighted by Gasteiger charge is 2.54. The summed E-state index contributed by atoms with van der Waals surface area (Å²) >= 11 is 0. The lowest BCUT2D eigenvalue weighted by atomic mass is 9.94. The zero-order valence-corrected chi connectivity index (χ0v) is 12.2. The third kappa shape index (κ3) is 2.20. The smallest absolute Gasteiger partial charge is 0.128 e. The Balaban J connectivity index is 1.91. The molecule has 2 fully saturated rings. The van der Waals surface area contributed by atoms with Crippen molar-refractivity contribution in [2.24, 2.45) is 17.8 Å². The van der Waals surface area contributed by atoms with Crippen molar-refractivity contribution in [2.45, 2.75) is 45.6 Å². The third-order valence-electron chi connectivity index (χ3n) is 5.21. The topological polar surface area (TPSA) is 12.0 Å². The van der Waals surface area contributed by atoms with E-state index < -0.39 is 0 Å². The molecule has 1 nitrogen and oxygen atoms in total. The number of hydrogen-bond acceptors (Lipinski definition) is 1. The molecule has 2 heteroatoms. The maximum atomic E-state index is 14.4. The first-order valence-electron chi connectivity index (χ1n) is 7.57. The maximum absolute atomic E-state index is 14.4. The first-order valence-corrected chi connectivity index (χ1v) is 7.57. The molecule has 1 N–H and O–H groups in total. The zero-order valence-electron chi connectivity index (χ0n) is 12.2. The van der Waals surface area contributed by atoms with Crippen LogP contribution < -0.4 is 5.32 Å². The van der Waals surface area contributed by atoms with E-state index >= 15 is 0 Å². The summed E-state index contributed by atoms with van der Waals surface area (Å²) in [6.45, 7) is 4.01. The predicted octanol–water partition coefficient (Wildman–Crippen LogP) is 4.14. The fraction of sp³-hybridized carbons (Fsp3) is 0.647. The molecule has 0 spiro atoms. The van der Waals surface area contributed by atoms with Gasteiger partial charge in [-0.1, -0.05) is 18.9 Å². The third-order valence-corrected chi connectivity index (χ3v) is 5.21. The van der Waals surface area contributed by atoms with Crippen molar-refractivity contribution in [3.63, 3.8) is 0 Å². The van der Waals surface area contributed by atoms with Gasteiger partial charge in [-0.15, -0.1) is 0 Å². The molecule has 0 radical (unpaired) electrons. The van der Waals surface area contributed by atoms with Gasteiger partial charge in [-0.25, -0.2) is 4.39 Å². The van der Waals surface area contributed by atoms with Crippen LogP contribution in [0.15, 0.2) is 12.1 Å². The Kier molecular flexibility index (Phi) is 3.38. The van der Waals surface area contributed by atoms with E-state index in [-0.39, 0.29) is 11.9 Å². The molecule has 0 heterocycles. The standard InChI is InChI=1S/C17H24FN/c1-10-8-11(2)15(14(18)9-10)17(19-3)16-12-6-4-5-7-13(12)16/h8-9,12-13,16-17,19H,4-7H2,1-3H3. The van der Waals surface area contributed by atoms with E-state index in [9.17, 15) is 4.39 Å². The molecular formula is C17H24FN. The van der Waals surface area contributed by atoms with Gasteiger partial charge < -0.3 is 5.32 Å². The minimum Gasteiger partial charge on any atom is -0.313 e. The first-order chi connectivity index (χ1) is 9.13. The van der Waals surface area contributed by atoms with Crippen LogP contribution in [-0.2, 0) is 0 Å². The first kappa shape index (κ1) is 13.1. The molecule has 2 aliphatic rings. The molecule has 0 aliphatic heterocycles. The van der Waals surface area contributed by atoms with E-state index in [1.807, 2.05) is 20.9 Å². The van der Waals surface area contributed by atoms with Crippen molar-refractivity contribution in [1.29, 1.82) is 0 Å². The molecule has 0 aromatic heterocycles. The Hall–Kier alpha value is -0.890. The van der Waals surface area contributed by atoms with Crippen molar-refractivity contribution in [2.75, 3.05) is 7.05 Å². The molecule has 104 valence electrons. The Labute approximate surface area is 115 Å². The summed E-state index contributed by atoms with van der Waals surface area (Å²) in [4.78, 5) is 0. The second-order valence-corrected chi connectivity index (χ2v) is 6.43. The molecule has 3 rings (SSSR count). The quantitative estimate of drug-likeness (QED) is 0.862. The van der Waals surface area contributed by atoms with E-state index in [0.717, 1.165) is 28.5 Å². The maximum Gasteiger partial charge on any atom is 0.128 e. The average Bonchev–Trinajstić information content (AvgIpc) is 3.07. The van der Waals surface area contributed by atoms with E-state index in [0.29, 0.717) is 5.92 Å². The van der Waals surface area contributed by atoms with Crippen molar-refractivity contribution in [3.05, 3.63) is 34.6 Å². The molecule has 19 heavy (non-hydrogen) atoms.